The molecule has 1 heterocycles. The van der Waals surface area contributed by atoms with Crippen molar-refractivity contribution < 1.29 is 28.9 Å². The number of amides is 1. The zero-order valence-electron chi connectivity index (χ0n) is 19.5. The molecule has 7 nitrogen and oxygen atoms in total. The number of hydrogen-bond acceptors (Lipinski definition) is 6. The van der Waals surface area contributed by atoms with Gasteiger partial charge in [-0.25, -0.2) is 4.39 Å². The molecule has 0 aliphatic heterocycles. The molecule has 1 aromatic heterocycles. The molecule has 1 aliphatic rings. The minimum atomic E-state index is -0.517. The van der Waals surface area contributed by atoms with E-state index in [1.807, 2.05) is 18.2 Å². The summed E-state index contributed by atoms with van der Waals surface area (Å²) in [5, 5.41) is 19.5. The molecule has 0 fully saturated rings. The predicted octanol–water partition coefficient (Wildman–Crippen LogP) is 4.80. The van der Waals surface area contributed by atoms with Crippen molar-refractivity contribution >= 4 is 17.3 Å². The van der Waals surface area contributed by atoms with Crippen LogP contribution in [0, 0.1) is 6.92 Å². The molecule has 2 aromatic carbocycles. The Labute approximate surface area is 203 Å². The van der Waals surface area contributed by atoms with Crippen LogP contribution in [0.4, 0.5) is 4.39 Å². The Hall–Kier alpha value is -4.17. The third-order valence-electron chi connectivity index (χ3n) is 5.13. The van der Waals surface area contributed by atoms with Gasteiger partial charge in [-0.1, -0.05) is 42.0 Å². The number of ether oxygens (including phenoxy) is 2. The summed E-state index contributed by atoms with van der Waals surface area (Å²) in [4.78, 5) is 16.6. The number of methoxy groups -OCH3 is 1. The van der Waals surface area contributed by atoms with Crippen LogP contribution in [0.15, 0.2) is 90.2 Å². The fourth-order valence-electron chi connectivity index (χ4n) is 3.31. The van der Waals surface area contributed by atoms with Crippen LogP contribution in [0.2, 0.25) is 0 Å². The number of benzene rings is 2. The second kappa shape index (κ2) is 12.3. The minimum Gasteiger partial charge on any atom is -0.504 e. The quantitative estimate of drug-likeness (QED) is 0.474. The van der Waals surface area contributed by atoms with Crippen molar-refractivity contribution in [3.05, 3.63) is 95.8 Å². The van der Waals surface area contributed by atoms with Crippen molar-refractivity contribution in [2.75, 3.05) is 20.3 Å². The van der Waals surface area contributed by atoms with Crippen molar-refractivity contribution in [2.24, 2.45) is 0 Å². The number of phenolic OH excluding ortho intramolecular Hbond substituents is 1. The van der Waals surface area contributed by atoms with Gasteiger partial charge in [-0.15, -0.1) is 0 Å². The molecule has 0 spiro atoms. The molecule has 1 amide bonds. The zero-order valence-corrected chi connectivity index (χ0v) is 19.5. The molecule has 182 valence electrons. The van der Waals surface area contributed by atoms with E-state index >= 15 is 0 Å². The highest BCUT2D eigenvalue weighted by molar-refractivity contribution is 5.88. The summed E-state index contributed by atoms with van der Waals surface area (Å²) in [6.07, 6.45) is 6.50. The van der Waals surface area contributed by atoms with Crippen LogP contribution in [0.25, 0.3) is 10.9 Å². The molecule has 0 saturated heterocycles. The lowest BCUT2D eigenvalue weighted by atomic mass is 10.2. The largest absolute Gasteiger partial charge is 0.504 e. The number of pyridine rings is 1. The molecule has 35 heavy (non-hydrogen) atoms. The number of carbonyl (C=O) groups is 1. The third-order valence-corrected chi connectivity index (χ3v) is 5.13. The molecule has 4 rings (SSSR count). The number of rotatable bonds is 7. The van der Waals surface area contributed by atoms with E-state index in [1.54, 1.807) is 18.2 Å². The molecule has 8 heteroatoms. The maximum absolute atomic E-state index is 14.6. The van der Waals surface area contributed by atoms with Gasteiger partial charge in [0.05, 0.1) is 19.2 Å². The van der Waals surface area contributed by atoms with Gasteiger partial charge in [-0.3, -0.25) is 9.78 Å². The molecule has 0 atom stereocenters. The first-order chi connectivity index (χ1) is 17.0. The highest BCUT2D eigenvalue weighted by atomic mass is 19.1. The van der Waals surface area contributed by atoms with Gasteiger partial charge in [0.25, 0.3) is 0 Å². The second-order valence-electron chi connectivity index (χ2n) is 7.57. The molecule has 0 bridgehead atoms. The van der Waals surface area contributed by atoms with E-state index in [-0.39, 0.29) is 36.8 Å². The Kier molecular flexibility index (Phi) is 8.97. The molecule has 0 radical (unpaired) electrons. The van der Waals surface area contributed by atoms with Gasteiger partial charge in [-0.2, -0.15) is 0 Å². The van der Waals surface area contributed by atoms with Crippen LogP contribution < -0.4 is 9.47 Å². The monoisotopic (exact) mass is 478 g/mol. The lowest BCUT2D eigenvalue weighted by Gasteiger charge is -2.16. The van der Waals surface area contributed by atoms with Crippen LogP contribution in [0.1, 0.15) is 12.0 Å². The number of aliphatic hydroxyl groups excluding tert-OH is 1. The molecule has 0 unspecified atom stereocenters. The number of hydrogen-bond donors (Lipinski definition) is 2. The number of aryl methyl sites for hydroxylation is 1. The van der Waals surface area contributed by atoms with Gasteiger partial charge in [0, 0.05) is 36.3 Å². The summed E-state index contributed by atoms with van der Waals surface area (Å²) < 4.78 is 25.4. The van der Waals surface area contributed by atoms with Crippen molar-refractivity contribution in [3.8, 4) is 17.2 Å². The van der Waals surface area contributed by atoms with E-state index in [9.17, 15) is 14.3 Å². The lowest BCUT2D eigenvalue weighted by Crippen LogP contribution is -2.23. The summed E-state index contributed by atoms with van der Waals surface area (Å²) in [6.45, 7) is 1.98. The highest BCUT2D eigenvalue weighted by Crippen LogP contribution is 2.36. The summed E-state index contributed by atoms with van der Waals surface area (Å²) in [7, 11) is 1.42. The first kappa shape index (κ1) is 25.5. The van der Waals surface area contributed by atoms with Crippen LogP contribution in [-0.2, 0) is 4.79 Å². The molecule has 3 aromatic rings. The maximum Gasteiger partial charge on any atom is 0.214 e. The van der Waals surface area contributed by atoms with Gasteiger partial charge >= 0.3 is 0 Å². The van der Waals surface area contributed by atoms with Crippen LogP contribution in [-0.4, -0.2) is 46.8 Å². The van der Waals surface area contributed by atoms with Gasteiger partial charge in [0.15, 0.2) is 17.3 Å². The standard InChI is InChI=1S/C20H19FN2O5.C7H8/c1-27-20-10-14-16(11-17(20)26)22-7-6-18(14)28-19-5-3-13(2-4-15(19)21)23(12-25)8-9-24;1-7-5-3-2-4-6-7/h2-3,5-7,10-12,24,26H,4,8-9H2,1H3;2-6H,1H3. The molecular formula is C27H27FN2O5. The van der Waals surface area contributed by atoms with Gasteiger partial charge < -0.3 is 24.6 Å². The van der Waals surface area contributed by atoms with Crippen LogP contribution in [0.5, 0.6) is 17.2 Å². The number of carbonyl (C=O) groups excluding carboxylic acids is 1. The van der Waals surface area contributed by atoms with E-state index in [2.05, 4.69) is 24.0 Å². The Morgan fingerprint density at radius 1 is 1.14 bits per heavy atom. The van der Waals surface area contributed by atoms with Crippen LogP contribution >= 0.6 is 0 Å². The number of halogens is 1. The van der Waals surface area contributed by atoms with E-state index in [0.717, 1.165) is 0 Å². The number of nitrogens with zero attached hydrogens (tertiary/aromatic N) is 2. The Bertz CT molecular complexity index is 1260. The number of aromatic hydroxyl groups is 1. The number of aliphatic hydroxyl groups is 1. The topological polar surface area (TPSA) is 92.1 Å². The molecule has 2 N–H and O–H groups in total. The summed E-state index contributed by atoms with van der Waals surface area (Å²) in [5.74, 6) is -0.0153. The second-order valence-corrected chi connectivity index (χ2v) is 7.57. The Morgan fingerprint density at radius 3 is 2.54 bits per heavy atom. The first-order valence-corrected chi connectivity index (χ1v) is 10.9. The summed E-state index contributed by atoms with van der Waals surface area (Å²) in [5.41, 5.74) is 2.25. The lowest BCUT2D eigenvalue weighted by molar-refractivity contribution is -0.116. The Morgan fingerprint density at radius 2 is 1.91 bits per heavy atom. The van der Waals surface area contributed by atoms with Crippen molar-refractivity contribution in [3.63, 3.8) is 0 Å². The van der Waals surface area contributed by atoms with Crippen molar-refractivity contribution in [2.45, 2.75) is 13.3 Å². The van der Waals surface area contributed by atoms with E-state index < -0.39 is 5.83 Å². The number of phenols is 1. The summed E-state index contributed by atoms with van der Waals surface area (Å²) >= 11 is 0. The van der Waals surface area contributed by atoms with Crippen LogP contribution in [0.3, 0.4) is 0 Å². The number of fused-ring (bicyclic) bond motifs is 1. The van der Waals surface area contributed by atoms with E-state index in [1.165, 1.54) is 42.0 Å². The van der Waals surface area contributed by atoms with E-state index in [0.29, 0.717) is 28.8 Å². The highest BCUT2D eigenvalue weighted by Gasteiger charge is 2.15. The fraction of sp³-hybridized carbons (Fsp3) is 0.185. The third kappa shape index (κ3) is 6.68. The van der Waals surface area contributed by atoms with Gasteiger partial charge in [0.2, 0.25) is 6.41 Å². The average Bonchev–Trinajstić information content (AvgIpc) is 3.04. The van der Waals surface area contributed by atoms with Crippen molar-refractivity contribution in [1.29, 1.82) is 0 Å². The smallest absolute Gasteiger partial charge is 0.214 e. The number of aromatic nitrogens is 1. The molecular weight excluding hydrogens is 451 g/mol. The van der Waals surface area contributed by atoms with E-state index in [4.69, 9.17) is 14.6 Å². The SMILES string of the molecule is COc1cc2c(OC3=C(F)CC=C(N(C=O)CCO)C=C3)ccnc2cc1O.Cc1ccccc1. The minimum absolute atomic E-state index is 0.0133. The normalized spacial score (nSPS) is 12.9. The average molecular weight is 479 g/mol. The first-order valence-electron chi connectivity index (χ1n) is 10.9. The predicted molar refractivity (Wildman–Crippen MR) is 132 cm³/mol. The van der Waals surface area contributed by atoms with Gasteiger partial charge in [-0.05, 0) is 31.2 Å². The summed E-state index contributed by atoms with van der Waals surface area (Å²) in [6, 6.07) is 14.8. The number of allylic oxidation sites excluding steroid dienone is 4. The Balaban J connectivity index is 0.000000420. The fourth-order valence-corrected chi connectivity index (χ4v) is 3.31. The molecule has 1 aliphatic carbocycles. The molecule has 0 saturated carbocycles. The zero-order chi connectivity index (χ0) is 25.2. The van der Waals surface area contributed by atoms with Crippen molar-refractivity contribution in [1.82, 2.24) is 9.88 Å². The maximum atomic E-state index is 14.6. The van der Waals surface area contributed by atoms with Gasteiger partial charge in [0.1, 0.15) is 11.6 Å².